The number of nitroso groups, excluding NO2 is 1. The van der Waals surface area contributed by atoms with Gasteiger partial charge in [-0.1, -0.05) is 44.2 Å². The zero-order valence-electron chi connectivity index (χ0n) is 9.37. The van der Waals surface area contributed by atoms with Crippen LogP contribution in [0.3, 0.4) is 0 Å². The highest BCUT2D eigenvalue weighted by atomic mass is 16.3. The van der Waals surface area contributed by atoms with Gasteiger partial charge in [-0.05, 0) is 25.3 Å². The summed E-state index contributed by atoms with van der Waals surface area (Å²) in [6.45, 7) is 3.50. The van der Waals surface area contributed by atoms with Gasteiger partial charge < -0.3 is 5.73 Å². The van der Waals surface area contributed by atoms with E-state index in [-0.39, 0.29) is 0 Å². The maximum absolute atomic E-state index is 9.90. The van der Waals surface area contributed by atoms with Crippen molar-refractivity contribution < 1.29 is 0 Å². The summed E-state index contributed by atoms with van der Waals surface area (Å²) in [5, 5.41) is 2.88. The van der Waals surface area contributed by atoms with E-state index in [1.807, 2.05) is 0 Å². The molecule has 2 N–H and O–H groups in total. The van der Waals surface area contributed by atoms with Crippen LogP contribution in [0.4, 0.5) is 0 Å². The SMILES string of the molecule is CC(CCCCCCCN)CCN=O. The lowest BCUT2D eigenvalue weighted by Crippen LogP contribution is -1.98. The summed E-state index contributed by atoms with van der Waals surface area (Å²) in [7, 11) is 0. The highest BCUT2D eigenvalue weighted by molar-refractivity contribution is 4.56. The van der Waals surface area contributed by atoms with E-state index in [0.717, 1.165) is 19.4 Å². The van der Waals surface area contributed by atoms with Gasteiger partial charge in [0.25, 0.3) is 0 Å². The average molecular weight is 200 g/mol. The first kappa shape index (κ1) is 13.6. The van der Waals surface area contributed by atoms with E-state index in [2.05, 4.69) is 12.1 Å². The van der Waals surface area contributed by atoms with Crippen LogP contribution in [0.1, 0.15) is 51.9 Å². The first-order valence-corrected chi connectivity index (χ1v) is 5.80. The third kappa shape index (κ3) is 9.65. The van der Waals surface area contributed by atoms with E-state index in [1.54, 1.807) is 0 Å². The van der Waals surface area contributed by atoms with Gasteiger partial charge in [0.05, 0.1) is 6.54 Å². The number of hydrogen-bond donors (Lipinski definition) is 1. The van der Waals surface area contributed by atoms with Crippen LogP contribution in [-0.4, -0.2) is 13.1 Å². The Morgan fingerprint density at radius 3 is 2.36 bits per heavy atom. The summed E-state index contributed by atoms with van der Waals surface area (Å²) in [4.78, 5) is 9.90. The minimum absolute atomic E-state index is 0.480. The minimum Gasteiger partial charge on any atom is -0.330 e. The number of rotatable bonds is 10. The fourth-order valence-electron chi connectivity index (χ4n) is 1.58. The van der Waals surface area contributed by atoms with Gasteiger partial charge in [0.2, 0.25) is 0 Å². The number of nitrogens with zero attached hydrogens (tertiary/aromatic N) is 1. The van der Waals surface area contributed by atoms with Crippen LogP contribution in [-0.2, 0) is 0 Å². The van der Waals surface area contributed by atoms with Crippen molar-refractivity contribution >= 4 is 0 Å². The van der Waals surface area contributed by atoms with E-state index < -0.39 is 0 Å². The van der Waals surface area contributed by atoms with E-state index in [9.17, 15) is 4.91 Å². The van der Waals surface area contributed by atoms with Crippen LogP contribution in [0.5, 0.6) is 0 Å². The molecule has 0 saturated carbocycles. The van der Waals surface area contributed by atoms with Crippen molar-refractivity contribution in [3.8, 4) is 0 Å². The van der Waals surface area contributed by atoms with Crippen LogP contribution in [0.15, 0.2) is 5.18 Å². The summed E-state index contributed by atoms with van der Waals surface area (Å²) >= 11 is 0. The molecule has 0 rings (SSSR count). The second-order valence-corrected chi connectivity index (χ2v) is 4.09. The molecule has 0 radical (unpaired) electrons. The third-order valence-corrected chi connectivity index (χ3v) is 2.61. The summed E-state index contributed by atoms with van der Waals surface area (Å²) in [5.41, 5.74) is 5.41. The predicted molar refractivity (Wildman–Crippen MR) is 61.2 cm³/mol. The van der Waals surface area contributed by atoms with E-state index in [4.69, 9.17) is 5.73 Å². The molecule has 1 atom stereocenters. The molecule has 3 heteroatoms. The van der Waals surface area contributed by atoms with Gasteiger partial charge in [-0.25, -0.2) is 0 Å². The van der Waals surface area contributed by atoms with Crippen molar-refractivity contribution in [2.24, 2.45) is 16.8 Å². The van der Waals surface area contributed by atoms with Gasteiger partial charge in [-0.2, -0.15) is 4.91 Å². The van der Waals surface area contributed by atoms with E-state index in [1.165, 1.54) is 32.1 Å². The molecule has 0 bridgehead atoms. The molecular weight excluding hydrogens is 176 g/mol. The van der Waals surface area contributed by atoms with Crippen molar-refractivity contribution in [2.75, 3.05) is 13.1 Å². The molecule has 1 unspecified atom stereocenters. The van der Waals surface area contributed by atoms with Crippen molar-refractivity contribution in [1.29, 1.82) is 0 Å². The second-order valence-electron chi connectivity index (χ2n) is 4.09. The largest absolute Gasteiger partial charge is 0.330 e. The van der Waals surface area contributed by atoms with Crippen LogP contribution in [0.25, 0.3) is 0 Å². The lowest BCUT2D eigenvalue weighted by atomic mass is 9.99. The van der Waals surface area contributed by atoms with Crippen molar-refractivity contribution in [2.45, 2.75) is 51.9 Å². The Labute approximate surface area is 87.4 Å². The first-order chi connectivity index (χ1) is 6.81. The van der Waals surface area contributed by atoms with Gasteiger partial charge in [0.1, 0.15) is 0 Å². The lowest BCUT2D eigenvalue weighted by Gasteiger charge is -2.08. The normalized spacial score (nSPS) is 12.7. The molecule has 0 aromatic heterocycles. The second kappa shape index (κ2) is 10.6. The van der Waals surface area contributed by atoms with Gasteiger partial charge in [0.15, 0.2) is 0 Å². The van der Waals surface area contributed by atoms with Crippen LogP contribution < -0.4 is 5.73 Å². The zero-order chi connectivity index (χ0) is 10.6. The topological polar surface area (TPSA) is 55.4 Å². The maximum atomic E-state index is 9.90. The molecule has 0 saturated heterocycles. The molecule has 0 amide bonds. The molecular formula is C11H24N2O. The molecule has 0 heterocycles. The van der Waals surface area contributed by atoms with E-state index in [0.29, 0.717) is 12.5 Å². The van der Waals surface area contributed by atoms with E-state index >= 15 is 0 Å². The molecule has 3 nitrogen and oxygen atoms in total. The van der Waals surface area contributed by atoms with Gasteiger partial charge in [-0.3, -0.25) is 0 Å². The van der Waals surface area contributed by atoms with Crippen molar-refractivity contribution in [3.05, 3.63) is 4.91 Å². The highest BCUT2D eigenvalue weighted by Crippen LogP contribution is 2.13. The summed E-state index contributed by atoms with van der Waals surface area (Å²) in [5.74, 6) is 0.655. The fraction of sp³-hybridized carbons (Fsp3) is 1.00. The highest BCUT2D eigenvalue weighted by Gasteiger charge is 2.01. The summed E-state index contributed by atoms with van der Waals surface area (Å²) < 4.78 is 0. The Bertz CT molecular complexity index is 128. The average Bonchev–Trinajstić information content (AvgIpc) is 2.20. The Kier molecular flexibility index (Phi) is 10.3. The van der Waals surface area contributed by atoms with Crippen molar-refractivity contribution in [3.63, 3.8) is 0 Å². The Morgan fingerprint density at radius 2 is 1.71 bits per heavy atom. The molecule has 14 heavy (non-hydrogen) atoms. The Balaban J connectivity index is 3.06. The molecule has 0 aromatic rings. The fourth-order valence-corrected chi connectivity index (χ4v) is 1.58. The van der Waals surface area contributed by atoms with Crippen LogP contribution in [0.2, 0.25) is 0 Å². The molecule has 0 aliphatic carbocycles. The molecule has 0 aromatic carbocycles. The Hall–Kier alpha value is -0.440. The van der Waals surface area contributed by atoms with Gasteiger partial charge >= 0.3 is 0 Å². The minimum atomic E-state index is 0.480. The zero-order valence-corrected chi connectivity index (χ0v) is 9.37. The molecule has 84 valence electrons. The molecule has 0 fully saturated rings. The maximum Gasteiger partial charge on any atom is 0.0813 e. The summed E-state index contributed by atoms with van der Waals surface area (Å²) in [6, 6.07) is 0. The molecule has 0 aliphatic rings. The number of nitrogens with two attached hydrogens (primary N) is 1. The lowest BCUT2D eigenvalue weighted by molar-refractivity contribution is 0.462. The standard InChI is InChI=1S/C11H24N2O/c1-11(8-10-13-14)7-5-3-2-4-6-9-12/h11H,2-10,12H2,1H3. The first-order valence-electron chi connectivity index (χ1n) is 5.80. The third-order valence-electron chi connectivity index (χ3n) is 2.61. The Morgan fingerprint density at radius 1 is 1.07 bits per heavy atom. The monoisotopic (exact) mass is 200 g/mol. The van der Waals surface area contributed by atoms with Crippen LogP contribution >= 0.6 is 0 Å². The van der Waals surface area contributed by atoms with Gasteiger partial charge in [-0.15, -0.1) is 0 Å². The number of hydrogen-bond acceptors (Lipinski definition) is 3. The number of unbranched alkanes of at least 4 members (excludes halogenated alkanes) is 4. The smallest absolute Gasteiger partial charge is 0.0813 e. The quantitative estimate of drug-likeness (QED) is 0.435. The molecule has 0 spiro atoms. The van der Waals surface area contributed by atoms with Crippen molar-refractivity contribution in [1.82, 2.24) is 0 Å². The predicted octanol–water partition coefficient (Wildman–Crippen LogP) is 3.08. The summed E-state index contributed by atoms with van der Waals surface area (Å²) in [6.07, 6.45) is 8.50. The molecule has 0 aliphatic heterocycles. The van der Waals surface area contributed by atoms with Crippen LogP contribution in [0, 0.1) is 10.8 Å². The van der Waals surface area contributed by atoms with Gasteiger partial charge in [0, 0.05) is 0 Å².